The van der Waals surface area contributed by atoms with Gasteiger partial charge in [0.1, 0.15) is 17.0 Å². The van der Waals surface area contributed by atoms with Gasteiger partial charge in [-0.25, -0.2) is 9.97 Å². The summed E-state index contributed by atoms with van der Waals surface area (Å²) in [6, 6.07) is 0. The van der Waals surface area contributed by atoms with Gasteiger partial charge in [0, 0.05) is 18.0 Å². The van der Waals surface area contributed by atoms with Crippen LogP contribution >= 0.6 is 11.3 Å². The minimum atomic E-state index is -0.204. The summed E-state index contributed by atoms with van der Waals surface area (Å²) in [6.07, 6.45) is 1.41. The van der Waals surface area contributed by atoms with E-state index in [2.05, 4.69) is 28.7 Å². The highest BCUT2D eigenvalue weighted by molar-refractivity contribution is 7.18. The predicted octanol–water partition coefficient (Wildman–Crippen LogP) is 1.49. The van der Waals surface area contributed by atoms with E-state index in [1.807, 2.05) is 0 Å². The number of fused-ring (bicyclic) bond motifs is 1. The van der Waals surface area contributed by atoms with Gasteiger partial charge in [-0.15, -0.1) is 11.3 Å². The van der Waals surface area contributed by atoms with Crippen molar-refractivity contribution in [3.8, 4) is 0 Å². The van der Waals surface area contributed by atoms with Gasteiger partial charge in [0.15, 0.2) is 0 Å². The number of β-amino-alcohol motifs (C(OH)–C–C–N with tert-alkyl or cyclic N) is 1. The third-order valence-electron chi connectivity index (χ3n) is 3.11. The lowest BCUT2D eigenvalue weighted by Gasteiger charge is -2.37. The molecule has 2 aromatic heterocycles. The minimum absolute atomic E-state index is 0.204. The highest BCUT2D eigenvalue weighted by Gasteiger charge is 2.28. The van der Waals surface area contributed by atoms with Crippen molar-refractivity contribution in [2.24, 2.45) is 0 Å². The number of hydrogen-bond donors (Lipinski definition) is 1. The molecule has 5 heteroatoms. The van der Waals surface area contributed by atoms with Crippen molar-refractivity contribution < 1.29 is 5.11 Å². The summed E-state index contributed by atoms with van der Waals surface area (Å²) in [5, 5.41) is 10.5. The van der Waals surface area contributed by atoms with E-state index in [-0.39, 0.29) is 6.10 Å². The van der Waals surface area contributed by atoms with E-state index < -0.39 is 0 Å². The third kappa shape index (κ3) is 1.32. The number of aliphatic hydroxyl groups excluding tert-OH is 1. The summed E-state index contributed by atoms with van der Waals surface area (Å²) < 4.78 is 0. The van der Waals surface area contributed by atoms with Crippen molar-refractivity contribution in [3.63, 3.8) is 0 Å². The normalized spacial score (nSPS) is 16.8. The quantitative estimate of drug-likeness (QED) is 0.813. The maximum absolute atomic E-state index is 9.34. The van der Waals surface area contributed by atoms with Gasteiger partial charge in [-0.1, -0.05) is 0 Å². The van der Waals surface area contributed by atoms with Crippen molar-refractivity contribution in [1.82, 2.24) is 9.97 Å². The summed E-state index contributed by atoms with van der Waals surface area (Å²) in [4.78, 5) is 13.1. The fourth-order valence-electron chi connectivity index (χ4n) is 2.03. The number of hydrogen-bond acceptors (Lipinski definition) is 5. The Morgan fingerprint density at radius 2 is 2.12 bits per heavy atom. The molecular formula is C11H13N3OS. The zero-order chi connectivity index (χ0) is 11.3. The van der Waals surface area contributed by atoms with E-state index in [4.69, 9.17) is 0 Å². The Bertz CT molecular complexity index is 545. The van der Waals surface area contributed by atoms with Gasteiger partial charge in [0.05, 0.1) is 11.5 Å². The molecule has 1 aliphatic rings. The third-order valence-corrected chi connectivity index (χ3v) is 4.22. The molecule has 0 saturated carbocycles. The molecule has 1 N–H and O–H groups in total. The molecule has 0 aromatic carbocycles. The largest absolute Gasteiger partial charge is 0.389 e. The molecular weight excluding hydrogens is 222 g/mol. The number of thiophene rings is 1. The molecule has 1 fully saturated rings. The second-order valence-electron chi connectivity index (χ2n) is 4.22. The first-order valence-electron chi connectivity index (χ1n) is 5.30. The summed E-state index contributed by atoms with van der Waals surface area (Å²) in [5.41, 5.74) is 1.26. The van der Waals surface area contributed by atoms with Gasteiger partial charge in [0.25, 0.3) is 0 Å². The lowest BCUT2D eigenvalue weighted by Crippen LogP contribution is -2.51. The number of nitrogens with zero attached hydrogens (tertiary/aromatic N) is 3. The molecule has 3 heterocycles. The van der Waals surface area contributed by atoms with Gasteiger partial charge in [-0.2, -0.15) is 0 Å². The van der Waals surface area contributed by atoms with Crippen molar-refractivity contribution in [3.05, 3.63) is 16.8 Å². The maximum Gasteiger partial charge on any atom is 0.141 e. The highest BCUT2D eigenvalue weighted by Crippen LogP contribution is 2.35. The Kier molecular flexibility index (Phi) is 2.12. The van der Waals surface area contributed by atoms with Crippen molar-refractivity contribution in [2.75, 3.05) is 18.0 Å². The standard InChI is InChI=1S/C11H13N3OS/c1-6-7(2)16-11-9(6)10(12-5-13-11)14-3-8(15)4-14/h5,8,15H,3-4H2,1-2H3. The number of aromatic nitrogens is 2. The average Bonchev–Trinajstić information content (AvgIpc) is 2.51. The van der Waals surface area contributed by atoms with Crippen LogP contribution in [0.5, 0.6) is 0 Å². The number of aryl methyl sites for hydroxylation is 2. The van der Waals surface area contributed by atoms with Crippen LogP contribution in [0.2, 0.25) is 0 Å². The van der Waals surface area contributed by atoms with Gasteiger partial charge in [-0.05, 0) is 19.4 Å². The molecule has 0 aliphatic carbocycles. The topological polar surface area (TPSA) is 49.2 Å². The molecule has 3 rings (SSSR count). The van der Waals surface area contributed by atoms with E-state index in [9.17, 15) is 5.11 Å². The first-order chi connectivity index (χ1) is 7.66. The van der Waals surface area contributed by atoms with Crippen LogP contribution in [0, 0.1) is 13.8 Å². The highest BCUT2D eigenvalue weighted by atomic mass is 32.1. The second kappa shape index (κ2) is 3.40. The molecule has 0 amide bonds. The van der Waals surface area contributed by atoms with Crippen LogP contribution in [0.25, 0.3) is 10.2 Å². The Labute approximate surface area is 97.6 Å². The van der Waals surface area contributed by atoms with Gasteiger partial charge >= 0.3 is 0 Å². The molecule has 0 spiro atoms. The molecule has 0 radical (unpaired) electrons. The molecule has 2 aromatic rings. The lowest BCUT2D eigenvalue weighted by molar-refractivity contribution is 0.141. The van der Waals surface area contributed by atoms with Gasteiger partial charge in [-0.3, -0.25) is 0 Å². The lowest BCUT2D eigenvalue weighted by atomic mass is 10.1. The molecule has 1 saturated heterocycles. The molecule has 84 valence electrons. The predicted molar refractivity (Wildman–Crippen MR) is 65.1 cm³/mol. The Morgan fingerprint density at radius 1 is 1.38 bits per heavy atom. The van der Waals surface area contributed by atoms with Crippen LogP contribution in [-0.2, 0) is 0 Å². The molecule has 16 heavy (non-hydrogen) atoms. The number of aliphatic hydroxyl groups is 1. The Balaban J connectivity index is 2.17. The fourth-order valence-corrected chi connectivity index (χ4v) is 3.02. The zero-order valence-electron chi connectivity index (χ0n) is 9.27. The fraction of sp³-hybridized carbons (Fsp3) is 0.455. The van der Waals surface area contributed by atoms with Crippen molar-refractivity contribution in [2.45, 2.75) is 20.0 Å². The van der Waals surface area contributed by atoms with Crippen LogP contribution in [0.15, 0.2) is 6.33 Å². The van der Waals surface area contributed by atoms with Crippen LogP contribution in [0.1, 0.15) is 10.4 Å². The Hall–Kier alpha value is -1.20. The van der Waals surface area contributed by atoms with E-state index in [0.717, 1.165) is 16.0 Å². The summed E-state index contributed by atoms with van der Waals surface area (Å²) in [5.74, 6) is 0.970. The van der Waals surface area contributed by atoms with E-state index in [0.29, 0.717) is 13.1 Å². The molecule has 0 unspecified atom stereocenters. The number of anilines is 1. The second-order valence-corrected chi connectivity index (χ2v) is 5.42. The van der Waals surface area contributed by atoms with Crippen molar-refractivity contribution >= 4 is 27.4 Å². The first kappa shape index (κ1) is 9.99. The van der Waals surface area contributed by atoms with E-state index in [1.54, 1.807) is 17.7 Å². The van der Waals surface area contributed by atoms with Crippen LogP contribution < -0.4 is 4.90 Å². The monoisotopic (exact) mass is 235 g/mol. The van der Waals surface area contributed by atoms with E-state index in [1.165, 1.54) is 10.4 Å². The molecule has 1 aliphatic heterocycles. The van der Waals surface area contributed by atoms with Crippen LogP contribution in [0.4, 0.5) is 5.82 Å². The summed E-state index contributed by atoms with van der Waals surface area (Å²) >= 11 is 1.71. The summed E-state index contributed by atoms with van der Waals surface area (Å²) in [6.45, 7) is 5.58. The minimum Gasteiger partial charge on any atom is -0.389 e. The smallest absolute Gasteiger partial charge is 0.141 e. The Morgan fingerprint density at radius 3 is 2.81 bits per heavy atom. The van der Waals surface area contributed by atoms with E-state index >= 15 is 0 Å². The van der Waals surface area contributed by atoms with Crippen LogP contribution in [-0.4, -0.2) is 34.3 Å². The molecule has 0 bridgehead atoms. The summed E-state index contributed by atoms with van der Waals surface area (Å²) in [7, 11) is 0. The average molecular weight is 235 g/mol. The zero-order valence-corrected chi connectivity index (χ0v) is 10.1. The first-order valence-corrected chi connectivity index (χ1v) is 6.12. The maximum atomic E-state index is 9.34. The SMILES string of the molecule is Cc1sc2ncnc(N3CC(O)C3)c2c1C. The van der Waals surface area contributed by atoms with Gasteiger partial charge < -0.3 is 10.0 Å². The number of rotatable bonds is 1. The van der Waals surface area contributed by atoms with Crippen molar-refractivity contribution in [1.29, 1.82) is 0 Å². The molecule has 0 atom stereocenters. The van der Waals surface area contributed by atoms with Gasteiger partial charge in [0.2, 0.25) is 0 Å². The van der Waals surface area contributed by atoms with Crippen LogP contribution in [0.3, 0.4) is 0 Å². The molecule has 4 nitrogen and oxygen atoms in total.